The van der Waals surface area contributed by atoms with Crippen LogP contribution in [0.5, 0.6) is 5.75 Å². The molecule has 3 N–H and O–H groups in total. The fourth-order valence-electron chi connectivity index (χ4n) is 1.70. The molecule has 16 heavy (non-hydrogen) atoms. The zero-order chi connectivity index (χ0) is 12.1. The van der Waals surface area contributed by atoms with Crippen molar-refractivity contribution in [3.8, 4) is 5.75 Å². The number of aromatic hydroxyl groups is 1. The summed E-state index contributed by atoms with van der Waals surface area (Å²) in [5.41, 5.74) is 6.60. The van der Waals surface area contributed by atoms with Crippen molar-refractivity contribution in [3.05, 3.63) is 27.7 Å². The van der Waals surface area contributed by atoms with E-state index in [0.717, 1.165) is 25.7 Å². The third-order valence-electron chi connectivity index (χ3n) is 2.56. The Morgan fingerprint density at radius 2 is 2.00 bits per heavy atom. The monoisotopic (exact) mass is 261 g/mol. The lowest BCUT2D eigenvalue weighted by Gasteiger charge is -2.15. The second-order valence-electron chi connectivity index (χ2n) is 3.92. The summed E-state index contributed by atoms with van der Waals surface area (Å²) in [4.78, 5) is 0. The van der Waals surface area contributed by atoms with Crippen molar-refractivity contribution in [2.45, 2.75) is 38.6 Å². The summed E-state index contributed by atoms with van der Waals surface area (Å²) in [6.45, 7) is 2.14. The Labute approximate surface area is 106 Å². The fourth-order valence-corrected chi connectivity index (χ4v) is 2.32. The second-order valence-corrected chi connectivity index (χ2v) is 4.77. The summed E-state index contributed by atoms with van der Waals surface area (Å²) in [6.07, 6.45) is 4.14. The minimum absolute atomic E-state index is 0.0847. The van der Waals surface area contributed by atoms with E-state index in [9.17, 15) is 5.11 Å². The fraction of sp³-hybridized carbons (Fsp3) is 0.500. The standard InChI is InChI=1S/C12H17Cl2NO/c1-2-3-4-5-10(15)12-9(14)6-8(13)7-11(12)16/h6-7,10,16H,2-5,15H2,1H3/t10-/m0/s1. The summed E-state index contributed by atoms with van der Waals surface area (Å²) in [5, 5.41) is 10.6. The predicted molar refractivity (Wildman–Crippen MR) is 69.2 cm³/mol. The molecule has 0 heterocycles. The van der Waals surface area contributed by atoms with Crippen molar-refractivity contribution in [1.82, 2.24) is 0 Å². The van der Waals surface area contributed by atoms with E-state index in [4.69, 9.17) is 28.9 Å². The van der Waals surface area contributed by atoms with E-state index in [2.05, 4.69) is 6.92 Å². The molecule has 2 nitrogen and oxygen atoms in total. The minimum Gasteiger partial charge on any atom is -0.508 e. The number of hydrogen-bond donors (Lipinski definition) is 2. The van der Waals surface area contributed by atoms with Crippen LogP contribution in [0.1, 0.15) is 44.2 Å². The van der Waals surface area contributed by atoms with Crippen LogP contribution in [0.2, 0.25) is 10.0 Å². The molecular formula is C12H17Cl2NO. The maximum Gasteiger partial charge on any atom is 0.123 e. The van der Waals surface area contributed by atoms with Crippen LogP contribution in [-0.4, -0.2) is 5.11 Å². The highest BCUT2D eigenvalue weighted by Crippen LogP contribution is 2.35. The Hall–Kier alpha value is -0.440. The van der Waals surface area contributed by atoms with Crippen LogP contribution >= 0.6 is 23.2 Å². The Morgan fingerprint density at radius 3 is 2.56 bits per heavy atom. The van der Waals surface area contributed by atoms with Gasteiger partial charge in [0.2, 0.25) is 0 Å². The largest absolute Gasteiger partial charge is 0.508 e. The molecule has 0 saturated heterocycles. The highest BCUT2D eigenvalue weighted by molar-refractivity contribution is 6.35. The first-order valence-electron chi connectivity index (χ1n) is 5.49. The van der Waals surface area contributed by atoms with Gasteiger partial charge in [-0.05, 0) is 18.6 Å². The van der Waals surface area contributed by atoms with Gasteiger partial charge in [0, 0.05) is 16.6 Å². The molecule has 0 radical (unpaired) electrons. The number of halogens is 2. The van der Waals surface area contributed by atoms with E-state index >= 15 is 0 Å². The quantitative estimate of drug-likeness (QED) is 0.778. The smallest absolute Gasteiger partial charge is 0.123 e. The third kappa shape index (κ3) is 3.55. The Kier molecular flexibility index (Phi) is 5.39. The van der Waals surface area contributed by atoms with Crippen LogP contribution in [0.25, 0.3) is 0 Å². The number of hydrogen-bond acceptors (Lipinski definition) is 2. The normalized spacial score (nSPS) is 12.8. The topological polar surface area (TPSA) is 46.2 Å². The lowest BCUT2D eigenvalue weighted by molar-refractivity contribution is 0.456. The van der Waals surface area contributed by atoms with Gasteiger partial charge < -0.3 is 10.8 Å². The minimum atomic E-state index is -0.226. The van der Waals surface area contributed by atoms with Crippen molar-refractivity contribution in [1.29, 1.82) is 0 Å². The van der Waals surface area contributed by atoms with Crippen LogP contribution in [0, 0.1) is 0 Å². The molecule has 90 valence electrons. The van der Waals surface area contributed by atoms with Gasteiger partial charge in [-0.2, -0.15) is 0 Å². The molecule has 1 aromatic carbocycles. The molecule has 1 aromatic rings. The molecule has 0 amide bonds. The van der Waals surface area contributed by atoms with Gasteiger partial charge >= 0.3 is 0 Å². The summed E-state index contributed by atoms with van der Waals surface area (Å²) in [5.74, 6) is 0.0847. The van der Waals surface area contributed by atoms with Crippen LogP contribution in [0.15, 0.2) is 12.1 Å². The molecule has 1 rings (SSSR count). The average molecular weight is 262 g/mol. The highest BCUT2D eigenvalue weighted by atomic mass is 35.5. The number of benzene rings is 1. The van der Waals surface area contributed by atoms with Crippen molar-refractivity contribution >= 4 is 23.2 Å². The zero-order valence-corrected chi connectivity index (χ0v) is 10.9. The predicted octanol–water partition coefficient (Wildman–Crippen LogP) is 4.28. The molecule has 0 aromatic heterocycles. The van der Waals surface area contributed by atoms with E-state index in [1.807, 2.05) is 0 Å². The van der Waals surface area contributed by atoms with Crippen molar-refractivity contribution in [2.24, 2.45) is 5.73 Å². The van der Waals surface area contributed by atoms with Gasteiger partial charge in [0.15, 0.2) is 0 Å². The van der Waals surface area contributed by atoms with Crippen molar-refractivity contribution in [2.75, 3.05) is 0 Å². The molecule has 1 atom stereocenters. The highest BCUT2D eigenvalue weighted by Gasteiger charge is 2.15. The molecule has 0 aliphatic heterocycles. The van der Waals surface area contributed by atoms with E-state index in [0.29, 0.717) is 15.6 Å². The van der Waals surface area contributed by atoms with Crippen LogP contribution in [0.3, 0.4) is 0 Å². The second kappa shape index (κ2) is 6.33. The van der Waals surface area contributed by atoms with E-state index in [1.54, 1.807) is 6.07 Å². The van der Waals surface area contributed by atoms with Crippen molar-refractivity contribution < 1.29 is 5.11 Å². The van der Waals surface area contributed by atoms with Gasteiger partial charge in [-0.25, -0.2) is 0 Å². The van der Waals surface area contributed by atoms with Gasteiger partial charge in [-0.1, -0.05) is 49.4 Å². The lowest BCUT2D eigenvalue weighted by Crippen LogP contribution is -2.11. The molecule has 0 aliphatic rings. The first-order valence-corrected chi connectivity index (χ1v) is 6.25. The summed E-state index contributed by atoms with van der Waals surface area (Å²) < 4.78 is 0. The van der Waals surface area contributed by atoms with Gasteiger partial charge in [-0.15, -0.1) is 0 Å². The molecule has 4 heteroatoms. The molecule has 0 aliphatic carbocycles. The third-order valence-corrected chi connectivity index (χ3v) is 3.09. The first kappa shape index (κ1) is 13.6. The number of phenols is 1. The molecule has 0 spiro atoms. The van der Waals surface area contributed by atoms with Gasteiger partial charge in [0.1, 0.15) is 5.75 Å². The number of nitrogens with two attached hydrogens (primary N) is 1. The van der Waals surface area contributed by atoms with Gasteiger partial charge in [-0.3, -0.25) is 0 Å². The molecule has 0 bridgehead atoms. The average Bonchev–Trinajstić information content (AvgIpc) is 2.16. The van der Waals surface area contributed by atoms with Crippen LogP contribution in [0.4, 0.5) is 0 Å². The van der Waals surface area contributed by atoms with Gasteiger partial charge in [0.05, 0.1) is 5.02 Å². The SMILES string of the molecule is CCCCC[C@H](N)c1c(O)cc(Cl)cc1Cl. The maximum absolute atomic E-state index is 9.75. The molecule has 0 unspecified atom stereocenters. The molecular weight excluding hydrogens is 245 g/mol. The lowest BCUT2D eigenvalue weighted by atomic mass is 10.0. The first-order chi connectivity index (χ1) is 7.56. The van der Waals surface area contributed by atoms with Crippen molar-refractivity contribution in [3.63, 3.8) is 0 Å². The van der Waals surface area contributed by atoms with Crippen LogP contribution < -0.4 is 5.73 Å². The summed E-state index contributed by atoms with van der Waals surface area (Å²) in [6, 6.07) is 2.86. The Balaban J connectivity index is 2.78. The van der Waals surface area contributed by atoms with E-state index in [-0.39, 0.29) is 11.8 Å². The molecule has 0 fully saturated rings. The Bertz CT molecular complexity index is 332. The number of phenolic OH excluding ortho intramolecular Hbond substituents is 1. The Morgan fingerprint density at radius 1 is 1.31 bits per heavy atom. The summed E-state index contributed by atoms with van der Waals surface area (Å²) in [7, 11) is 0. The number of unbranched alkanes of at least 4 members (excludes halogenated alkanes) is 2. The van der Waals surface area contributed by atoms with Gasteiger partial charge in [0.25, 0.3) is 0 Å². The molecule has 0 saturated carbocycles. The maximum atomic E-state index is 9.75. The number of rotatable bonds is 5. The van der Waals surface area contributed by atoms with Crippen LogP contribution in [-0.2, 0) is 0 Å². The zero-order valence-electron chi connectivity index (χ0n) is 9.34. The van der Waals surface area contributed by atoms with E-state index in [1.165, 1.54) is 6.07 Å². The summed E-state index contributed by atoms with van der Waals surface area (Å²) >= 11 is 11.8. The van der Waals surface area contributed by atoms with E-state index < -0.39 is 0 Å².